The molecular formula is C17H29OSi. The van der Waals surface area contributed by atoms with E-state index in [0.717, 1.165) is 0 Å². The minimum absolute atomic E-state index is 0.174. The predicted octanol–water partition coefficient (Wildman–Crippen LogP) is 5.40. The molecule has 0 bridgehead atoms. The molecule has 1 atom stereocenters. The highest BCUT2D eigenvalue weighted by atomic mass is 28.4. The van der Waals surface area contributed by atoms with Crippen LogP contribution in [0.1, 0.15) is 59.3 Å². The van der Waals surface area contributed by atoms with Crippen molar-refractivity contribution < 1.29 is 4.43 Å². The molecule has 1 radical (unpaired) electrons. The lowest BCUT2D eigenvalue weighted by Gasteiger charge is -2.41. The fourth-order valence-electron chi connectivity index (χ4n) is 3.18. The molecule has 0 heterocycles. The van der Waals surface area contributed by atoms with Gasteiger partial charge >= 0.3 is 0 Å². The molecule has 0 aromatic heterocycles. The molecule has 19 heavy (non-hydrogen) atoms. The van der Waals surface area contributed by atoms with Gasteiger partial charge in [0.25, 0.3) is 0 Å². The van der Waals surface area contributed by atoms with E-state index in [1.165, 1.54) is 44.1 Å². The number of hydrogen-bond donors (Lipinski definition) is 0. The Bertz CT molecular complexity index is 390. The Labute approximate surface area is 120 Å². The van der Waals surface area contributed by atoms with Crippen LogP contribution in [0.15, 0.2) is 17.2 Å². The Morgan fingerprint density at radius 1 is 1.32 bits per heavy atom. The average molecular weight is 278 g/mol. The van der Waals surface area contributed by atoms with Crippen LogP contribution in [-0.2, 0) is 4.43 Å². The Hall–Kier alpha value is -0.343. The molecule has 0 N–H and O–H groups in total. The molecule has 1 unspecified atom stereocenters. The van der Waals surface area contributed by atoms with E-state index >= 15 is 0 Å². The van der Waals surface area contributed by atoms with Crippen LogP contribution in [-0.4, -0.2) is 14.4 Å². The molecule has 0 saturated heterocycles. The maximum atomic E-state index is 6.62. The van der Waals surface area contributed by atoms with Crippen molar-refractivity contribution in [2.45, 2.75) is 83.5 Å². The minimum Gasteiger partial charge on any atom is -0.406 e. The van der Waals surface area contributed by atoms with Gasteiger partial charge in [-0.2, -0.15) is 0 Å². The zero-order valence-electron chi connectivity index (χ0n) is 13.3. The Morgan fingerprint density at radius 2 is 2.00 bits per heavy atom. The summed E-state index contributed by atoms with van der Waals surface area (Å²) in [6.07, 6.45) is 13.5. The van der Waals surface area contributed by atoms with Gasteiger partial charge < -0.3 is 4.43 Å². The van der Waals surface area contributed by atoms with Gasteiger partial charge in [0, 0.05) is 0 Å². The van der Waals surface area contributed by atoms with Crippen LogP contribution in [0.5, 0.6) is 0 Å². The highest BCUT2D eigenvalue weighted by molar-refractivity contribution is 6.74. The minimum atomic E-state index is -1.71. The summed E-state index contributed by atoms with van der Waals surface area (Å²) in [5.41, 5.74) is 3.06. The lowest BCUT2D eigenvalue weighted by atomic mass is 9.93. The molecule has 0 aliphatic heterocycles. The summed E-state index contributed by atoms with van der Waals surface area (Å²) < 4.78 is 6.62. The third kappa shape index (κ3) is 3.05. The second-order valence-electron chi connectivity index (χ2n) is 7.21. The lowest BCUT2D eigenvalue weighted by Crippen LogP contribution is -2.45. The van der Waals surface area contributed by atoms with Crippen molar-refractivity contribution in [3.63, 3.8) is 0 Å². The average Bonchev–Trinajstić information content (AvgIpc) is 2.72. The van der Waals surface area contributed by atoms with Gasteiger partial charge in [-0.15, -0.1) is 0 Å². The van der Waals surface area contributed by atoms with Crippen molar-refractivity contribution in [3.8, 4) is 0 Å². The van der Waals surface area contributed by atoms with Crippen LogP contribution in [0.3, 0.4) is 0 Å². The van der Waals surface area contributed by atoms with Gasteiger partial charge in [-0.25, -0.2) is 0 Å². The summed E-state index contributed by atoms with van der Waals surface area (Å²) in [6, 6.07) is 0. The maximum absolute atomic E-state index is 6.62. The molecule has 0 aromatic rings. The zero-order valence-corrected chi connectivity index (χ0v) is 14.3. The molecule has 0 saturated carbocycles. The van der Waals surface area contributed by atoms with Crippen LogP contribution in [0.4, 0.5) is 0 Å². The Morgan fingerprint density at radius 3 is 2.68 bits per heavy atom. The summed E-state index contributed by atoms with van der Waals surface area (Å²) in [4.78, 5) is 0. The highest BCUT2D eigenvalue weighted by Gasteiger charge is 2.42. The van der Waals surface area contributed by atoms with E-state index in [2.05, 4.69) is 46.0 Å². The number of rotatable bonds is 5. The van der Waals surface area contributed by atoms with Gasteiger partial charge in [0.15, 0.2) is 8.32 Å². The third-order valence-electron chi connectivity index (χ3n) is 5.20. The Balaban J connectivity index is 2.09. The molecule has 107 valence electrons. The quantitative estimate of drug-likeness (QED) is 0.611. The summed E-state index contributed by atoms with van der Waals surface area (Å²) >= 11 is 0. The Kier molecular flexibility index (Phi) is 4.41. The molecule has 0 aromatic carbocycles. The smallest absolute Gasteiger partial charge is 0.193 e. The van der Waals surface area contributed by atoms with Crippen LogP contribution >= 0.6 is 0 Å². The number of allylic oxidation sites excluding steroid dienone is 2. The van der Waals surface area contributed by atoms with E-state index in [1.54, 1.807) is 5.57 Å². The predicted molar refractivity (Wildman–Crippen MR) is 84.6 cm³/mol. The largest absolute Gasteiger partial charge is 0.406 e. The summed E-state index contributed by atoms with van der Waals surface area (Å²) in [5, 5.41) is 0.335. The molecule has 0 fully saturated rings. The highest BCUT2D eigenvalue weighted by Crippen LogP contribution is 2.44. The first-order valence-corrected chi connectivity index (χ1v) is 10.8. The van der Waals surface area contributed by atoms with Crippen LogP contribution < -0.4 is 0 Å². The topological polar surface area (TPSA) is 9.23 Å². The maximum Gasteiger partial charge on any atom is 0.193 e. The van der Waals surface area contributed by atoms with E-state index in [9.17, 15) is 0 Å². The lowest BCUT2D eigenvalue weighted by molar-refractivity contribution is 0.241. The van der Waals surface area contributed by atoms with Crippen molar-refractivity contribution in [1.29, 1.82) is 0 Å². The SMILES string of the molecule is CCCC(C)(C)[Si](C)(C)OC1[C]=CC2=C1CCCC2. The van der Waals surface area contributed by atoms with E-state index < -0.39 is 8.32 Å². The molecule has 2 heteroatoms. The number of hydrogen-bond acceptors (Lipinski definition) is 1. The van der Waals surface area contributed by atoms with Gasteiger partial charge in [-0.3, -0.25) is 0 Å². The van der Waals surface area contributed by atoms with Crippen molar-refractivity contribution in [2.24, 2.45) is 0 Å². The van der Waals surface area contributed by atoms with Gasteiger partial charge in [-0.1, -0.05) is 33.3 Å². The fraction of sp³-hybridized carbons (Fsp3) is 0.765. The van der Waals surface area contributed by atoms with Crippen molar-refractivity contribution in [3.05, 3.63) is 23.3 Å². The van der Waals surface area contributed by atoms with Crippen LogP contribution in [0.2, 0.25) is 18.1 Å². The van der Waals surface area contributed by atoms with Crippen molar-refractivity contribution >= 4 is 8.32 Å². The zero-order chi connectivity index (χ0) is 14.1. The monoisotopic (exact) mass is 277 g/mol. The van der Waals surface area contributed by atoms with E-state index in [-0.39, 0.29) is 6.10 Å². The summed E-state index contributed by atoms with van der Waals surface area (Å²) in [6.45, 7) is 11.8. The van der Waals surface area contributed by atoms with Gasteiger partial charge in [0.2, 0.25) is 0 Å². The van der Waals surface area contributed by atoms with Crippen molar-refractivity contribution in [1.82, 2.24) is 0 Å². The molecular weight excluding hydrogens is 248 g/mol. The van der Waals surface area contributed by atoms with Gasteiger partial charge in [-0.05, 0) is 67.5 Å². The molecule has 0 spiro atoms. The van der Waals surface area contributed by atoms with E-state index in [1.807, 2.05) is 0 Å². The first-order valence-electron chi connectivity index (χ1n) is 7.86. The molecule has 2 aliphatic rings. The molecule has 1 nitrogen and oxygen atoms in total. The first-order chi connectivity index (χ1) is 8.87. The van der Waals surface area contributed by atoms with Crippen LogP contribution in [0, 0.1) is 6.08 Å². The second-order valence-corrected chi connectivity index (χ2v) is 11.8. The third-order valence-corrected chi connectivity index (χ3v) is 9.53. The fourth-order valence-corrected chi connectivity index (χ4v) is 5.15. The van der Waals surface area contributed by atoms with Gasteiger partial charge in [0.1, 0.15) is 0 Å². The molecule has 2 rings (SSSR count). The van der Waals surface area contributed by atoms with Gasteiger partial charge in [0.05, 0.1) is 6.10 Å². The summed E-state index contributed by atoms with van der Waals surface area (Å²) in [5.74, 6) is 0. The van der Waals surface area contributed by atoms with E-state index in [0.29, 0.717) is 5.04 Å². The summed E-state index contributed by atoms with van der Waals surface area (Å²) in [7, 11) is -1.71. The van der Waals surface area contributed by atoms with Crippen LogP contribution in [0.25, 0.3) is 0 Å². The molecule has 2 aliphatic carbocycles. The normalized spacial score (nSPS) is 23.9. The first kappa shape index (κ1) is 15.1. The standard InChI is InChI=1S/C17H29OSi/c1-6-13-17(2,3)19(4,5)18-16-12-11-14-9-7-8-10-15(14)16/h11,16H,6-10,13H2,1-5H3. The molecule has 0 amide bonds. The van der Waals surface area contributed by atoms with Crippen molar-refractivity contribution in [2.75, 3.05) is 0 Å². The second kappa shape index (κ2) is 5.57. The van der Waals surface area contributed by atoms with E-state index in [4.69, 9.17) is 4.43 Å².